The number of amides is 1. The normalized spacial score (nSPS) is 17.9. The van der Waals surface area contributed by atoms with Crippen molar-refractivity contribution in [3.05, 3.63) is 50.6 Å². The molecule has 5 nitrogen and oxygen atoms in total. The number of hydrogen-bond acceptors (Lipinski definition) is 4. The van der Waals surface area contributed by atoms with Crippen molar-refractivity contribution >= 4 is 17.2 Å². The zero-order valence-electron chi connectivity index (χ0n) is 12.6. The molecule has 1 aliphatic rings. The van der Waals surface area contributed by atoms with Gasteiger partial charge in [-0.05, 0) is 36.8 Å². The van der Waals surface area contributed by atoms with Crippen LogP contribution in [0.1, 0.15) is 47.6 Å². The van der Waals surface area contributed by atoms with Crippen LogP contribution < -0.4 is 5.56 Å². The van der Waals surface area contributed by atoms with Gasteiger partial charge in [-0.25, -0.2) is 4.68 Å². The number of rotatable bonds is 4. The van der Waals surface area contributed by atoms with Crippen LogP contribution in [0.2, 0.25) is 0 Å². The predicted octanol–water partition coefficient (Wildman–Crippen LogP) is 2.69. The SMILES string of the molecule is CCCn1nc(C(=O)N2CCC[C@@H]2c2cccs2)ccc1=O. The molecule has 1 aliphatic heterocycles. The van der Waals surface area contributed by atoms with Gasteiger partial charge < -0.3 is 4.90 Å². The van der Waals surface area contributed by atoms with Gasteiger partial charge in [-0.3, -0.25) is 9.59 Å². The summed E-state index contributed by atoms with van der Waals surface area (Å²) < 4.78 is 1.38. The fourth-order valence-corrected chi connectivity index (χ4v) is 3.74. The molecule has 1 fully saturated rings. The average Bonchev–Trinajstić information content (AvgIpc) is 3.19. The standard InChI is InChI=1S/C16H19N3O2S/c1-2-9-19-15(20)8-7-12(17-19)16(21)18-10-3-5-13(18)14-6-4-11-22-14/h4,6-8,11,13H,2-3,5,9-10H2,1H3/t13-/m1/s1. The first-order valence-corrected chi connectivity index (χ1v) is 8.51. The lowest BCUT2D eigenvalue weighted by Gasteiger charge is -2.23. The molecule has 0 saturated carbocycles. The van der Waals surface area contributed by atoms with Crippen LogP contribution >= 0.6 is 11.3 Å². The summed E-state index contributed by atoms with van der Waals surface area (Å²) in [4.78, 5) is 27.6. The van der Waals surface area contributed by atoms with Gasteiger partial charge in [-0.15, -0.1) is 11.3 Å². The van der Waals surface area contributed by atoms with E-state index in [0.29, 0.717) is 12.2 Å². The minimum absolute atomic E-state index is 0.0826. The zero-order chi connectivity index (χ0) is 15.5. The van der Waals surface area contributed by atoms with Crippen LogP contribution in [0.4, 0.5) is 0 Å². The summed E-state index contributed by atoms with van der Waals surface area (Å²) in [5, 5.41) is 6.28. The molecule has 1 saturated heterocycles. The predicted molar refractivity (Wildman–Crippen MR) is 86.1 cm³/mol. The first-order chi connectivity index (χ1) is 10.7. The van der Waals surface area contributed by atoms with E-state index in [2.05, 4.69) is 11.2 Å². The number of likely N-dealkylation sites (tertiary alicyclic amines) is 1. The molecule has 0 unspecified atom stereocenters. The highest BCUT2D eigenvalue weighted by Gasteiger charge is 2.32. The van der Waals surface area contributed by atoms with Gasteiger partial charge in [-0.1, -0.05) is 13.0 Å². The third-order valence-corrected chi connectivity index (χ3v) is 4.88. The quantitative estimate of drug-likeness (QED) is 0.871. The van der Waals surface area contributed by atoms with Crippen LogP contribution in [0.5, 0.6) is 0 Å². The van der Waals surface area contributed by atoms with Crippen LogP contribution in [0.3, 0.4) is 0 Å². The highest BCUT2D eigenvalue weighted by atomic mass is 32.1. The molecule has 116 valence electrons. The Hall–Kier alpha value is -1.95. The summed E-state index contributed by atoms with van der Waals surface area (Å²) in [6.07, 6.45) is 2.80. The minimum Gasteiger partial charge on any atom is -0.329 e. The maximum absolute atomic E-state index is 12.8. The van der Waals surface area contributed by atoms with Gasteiger partial charge in [0.2, 0.25) is 0 Å². The van der Waals surface area contributed by atoms with Crippen molar-refractivity contribution in [1.29, 1.82) is 0 Å². The molecule has 0 N–H and O–H groups in total. The van der Waals surface area contributed by atoms with Crippen LogP contribution in [0.15, 0.2) is 34.4 Å². The first kappa shape index (κ1) is 15.0. The minimum atomic E-state index is -0.158. The summed E-state index contributed by atoms with van der Waals surface area (Å²) in [6.45, 7) is 3.26. The topological polar surface area (TPSA) is 55.2 Å². The van der Waals surface area contributed by atoms with Crippen molar-refractivity contribution in [3.8, 4) is 0 Å². The van der Waals surface area contributed by atoms with E-state index in [-0.39, 0.29) is 17.5 Å². The van der Waals surface area contributed by atoms with E-state index >= 15 is 0 Å². The molecule has 1 amide bonds. The van der Waals surface area contributed by atoms with Gasteiger partial charge in [0, 0.05) is 24.0 Å². The smallest absolute Gasteiger partial charge is 0.274 e. The summed E-state index contributed by atoms with van der Waals surface area (Å²) >= 11 is 1.68. The van der Waals surface area contributed by atoms with Gasteiger partial charge in [0.1, 0.15) is 5.69 Å². The maximum Gasteiger partial charge on any atom is 0.274 e. The Kier molecular flexibility index (Phi) is 4.38. The number of nitrogens with zero attached hydrogens (tertiary/aromatic N) is 3. The number of carbonyl (C=O) groups is 1. The van der Waals surface area contributed by atoms with Gasteiger partial charge in [0.15, 0.2) is 0 Å². The molecule has 0 aliphatic carbocycles. The number of thiophene rings is 1. The van der Waals surface area contributed by atoms with E-state index in [1.54, 1.807) is 17.4 Å². The Bertz CT molecular complexity index is 708. The van der Waals surface area contributed by atoms with Crippen molar-refractivity contribution in [2.45, 2.75) is 38.8 Å². The summed E-state index contributed by atoms with van der Waals surface area (Å²) in [6, 6.07) is 7.21. The summed E-state index contributed by atoms with van der Waals surface area (Å²) in [7, 11) is 0. The maximum atomic E-state index is 12.8. The number of aryl methyl sites for hydroxylation is 1. The van der Waals surface area contributed by atoms with E-state index < -0.39 is 0 Å². The van der Waals surface area contributed by atoms with E-state index in [1.165, 1.54) is 15.6 Å². The average molecular weight is 317 g/mol. The largest absolute Gasteiger partial charge is 0.329 e. The first-order valence-electron chi connectivity index (χ1n) is 7.63. The fourth-order valence-electron chi connectivity index (χ4n) is 2.87. The van der Waals surface area contributed by atoms with Crippen LogP contribution in [-0.2, 0) is 6.54 Å². The highest BCUT2D eigenvalue weighted by molar-refractivity contribution is 7.10. The molecule has 0 radical (unpaired) electrons. The van der Waals surface area contributed by atoms with E-state index in [1.807, 2.05) is 23.3 Å². The second-order valence-electron chi connectivity index (χ2n) is 5.45. The molecule has 6 heteroatoms. The Balaban J connectivity index is 1.87. The van der Waals surface area contributed by atoms with E-state index in [4.69, 9.17) is 0 Å². The highest BCUT2D eigenvalue weighted by Crippen LogP contribution is 2.35. The lowest BCUT2D eigenvalue weighted by atomic mass is 10.2. The third-order valence-electron chi connectivity index (χ3n) is 3.91. The van der Waals surface area contributed by atoms with Crippen molar-refractivity contribution in [3.63, 3.8) is 0 Å². The lowest BCUT2D eigenvalue weighted by molar-refractivity contribution is 0.0729. The molecular formula is C16H19N3O2S. The van der Waals surface area contributed by atoms with E-state index in [9.17, 15) is 9.59 Å². The number of aromatic nitrogens is 2. The molecule has 0 spiro atoms. The Morgan fingerprint density at radius 3 is 3.00 bits per heavy atom. The molecule has 3 rings (SSSR count). The van der Waals surface area contributed by atoms with Crippen LogP contribution in [0.25, 0.3) is 0 Å². The van der Waals surface area contributed by atoms with Crippen molar-refractivity contribution in [1.82, 2.24) is 14.7 Å². The van der Waals surface area contributed by atoms with Gasteiger partial charge >= 0.3 is 0 Å². The molecule has 3 heterocycles. The van der Waals surface area contributed by atoms with Crippen molar-refractivity contribution < 1.29 is 4.79 Å². The Labute approximate surface area is 133 Å². The van der Waals surface area contributed by atoms with Crippen molar-refractivity contribution in [2.24, 2.45) is 0 Å². The Morgan fingerprint density at radius 1 is 1.41 bits per heavy atom. The molecule has 0 aromatic carbocycles. The molecule has 2 aromatic heterocycles. The van der Waals surface area contributed by atoms with Gasteiger partial charge in [-0.2, -0.15) is 5.10 Å². The van der Waals surface area contributed by atoms with Gasteiger partial charge in [0.05, 0.1) is 6.04 Å². The van der Waals surface area contributed by atoms with Crippen LogP contribution in [0, 0.1) is 0 Å². The van der Waals surface area contributed by atoms with E-state index in [0.717, 1.165) is 25.8 Å². The number of carbonyl (C=O) groups excluding carboxylic acids is 1. The molecular weight excluding hydrogens is 298 g/mol. The lowest BCUT2D eigenvalue weighted by Crippen LogP contribution is -2.33. The van der Waals surface area contributed by atoms with Gasteiger partial charge in [0.25, 0.3) is 11.5 Å². The van der Waals surface area contributed by atoms with Crippen LogP contribution in [-0.4, -0.2) is 27.1 Å². The second kappa shape index (κ2) is 6.44. The molecule has 0 bridgehead atoms. The summed E-state index contributed by atoms with van der Waals surface area (Å²) in [5.74, 6) is -0.0826. The number of hydrogen-bond donors (Lipinski definition) is 0. The fraction of sp³-hybridized carbons (Fsp3) is 0.438. The molecule has 2 aromatic rings. The molecule has 1 atom stereocenters. The molecule has 22 heavy (non-hydrogen) atoms. The summed E-state index contributed by atoms with van der Waals surface area (Å²) in [5.41, 5.74) is 0.200. The zero-order valence-corrected chi connectivity index (χ0v) is 13.4. The second-order valence-corrected chi connectivity index (χ2v) is 6.43. The Morgan fingerprint density at radius 2 is 2.27 bits per heavy atom. The van der Waals surface area contributed by atoms with Crippen molar-refractivity contribution in [2.75, 3.05) is 6.54 Å². The monoisotopic (exact) mass is 317 g/mol. The third kappa shape index (κ3) is 2.83.